The molecule has 0 radical (unpaired) electrons. The van der Waals surface area contributed by atoms with Crippen LogP contribution >= 0.6 is 0 Å². The van der Waals surface area contributed by atoms with E-state index in [1.54, 1.807) is 0 Å². The Labute approximate surface area is 97.8 Å². The quantitative estimate of drug-likeness (QED) is 0.647. The van der Waals surface area contributed by atoms with E-state index in [9.17, 15) is 9.90 Å². The van der Waals surface area contributed by atoms with Crippen LogP contribution in [0.25, 0.3) is 0 Å². The summed E-state index contributed by atoms with van der Waals surface area (Å²) in [5.74, 6) is 0.524. The first-order chi connectivity index (χ1) is 7.63. The third-order valence-corrected chi connectivity index (χ3v) is 2.95. The fourth-order valence-electron chi connectivity index (χ4n) is 2.13. The number of carbonyl (C=O) groups excluding carboxylic acids is 1. The summed E-state index contributed by atoms with van der Waals surface area (Å²) in [6.45, 7) is 5.13. The van der Waals surface area contributed by atoms with E-state index in [1.807, 2.05) is 0 Å². The largest absolute Gasteiger partial charge is 0.394 e. The van der Waals surface area contributed by atoms with Crippen molar-refractivity contribution in [3.63, 3.8) is 0 Å². The predicted molar refractivity (Wildman–Crippen MR) is 64.1 cm³/mol. The van der Waals surface area contributed by atoms with Crippen LogP contribution in [-0.4, -0.2) is 36.2 Å². The van der Waals surface area contributed by atoms with E-state index < -0.39 is 0 Å². The lowest BCUT2D eigenvalue weighted by molar-refractivity contribution is -0.124. The summed E-state index contributed by atoms with van der Waals surface area (Å²) < 4.78 is 0. The summed E-state index contributed by atoms with van der Waals surface area (Å²) in [5.41, 5.74) is 0. The Morgan fingerprint density at radius 3 is 2.75 bits per heavy atom. The second-order valence-corrected chi connectivity index (χ2v) is 5.02. The smallest absolute Gasteiger partial charge is 0.237 e. The van der Waals surface area contributed by atoms with Crippen molar-refractivity contribution in [2.45, 2.75) is 51.6 Å². The SMILES string of the molecule is CC(C)CC(CO)NC(=O)[C@H]1CCCCN1. The molecule has 1 aliphatic heterocycles. The van der Waals surface area contributed by atoms with Crippen LogP contribution in [0.3, 0.4) is 0 Å². The van der Waals surface area contributed by atoms with Gasteiger partial charge in [0.05, 0.1) is 18.7 Å². The van der Waals surface area contributed by atoms with Gasteiger partial charge in [-0.05, 0) is 31.7 Å². The highest BCUT2D eigenvalue weighted by Crippen LogP contribution is 2.09. The maximum atomic E-state index is 11.9. The van der Waals surface area contributed by atoms with Gasteiger partial charge < -0.3 is 15.7 Å². The molecule has 1 heterocycles. The number of nitrogens with one attached hydrogen (secondary N) is 2. The normalized spacial score (nSPS) is 23.1. The summed E-state index contributed by atoms with van der Waals surface area (Å²) in [4.78, 5) is 11.9. The molecule has 0 saturated carbocycles. The first kappa shape index (κ1) is 13.5. The van der Waals surface area contributed by atoms with Crippen molar-refractivity contribution in [3.8, 4) is 0 Å². The van der Waals surface area contributed by atoms with E-state index >= 15 is 0 Å². The molecule has 0 aromatic carbocycles. The van der Waals surface area contributed by atoms with Crippen LogP contribution in [0.1, 0.15) is 39.5 Å². The lowest BCUT2D eigenvalue weighted by Gasteiger charge is -2.25. The molecule has 1 saturated heterocycles. The van der Waals surface area contributed by atoms with Gasteiger partial charge in [-0.2, -0.15) is 0 Å². The Morgan fingerprint density at radius 1 is 1.50 bits per heavy atom. The summed E-state index contributed by atoms with van der Waals surface area (Å²) in [5, 5.41) is 15.3. The fourth-order valence-corrected chi connectivity index (χ4v) is 2.13. The zero-order chi connectivity index (χ0) is 12.0. The van der Waals surface area contributed by atoms with Crippen LogP contribution in [0.2, 0.25) is 0 Å². The second-order valence-electron chi connectivity index (χ2n) is 5.02. The molecule has 3 N–H and O–H groups in total. The first-order valence-electron chi connectivity index (χ1n) is 6.28. The molecule has 1 aliphatic rings. The lowest BCUT2D eigenvalue weighted by atomic mass is 10.0. The van der Waals surface area contributed by atoms with Crippen molar-refractivity contribution >= 4 is 5.91 Å². The molecular weight excluding hydrogens is 204 g/mol. The molecular formula is C12H24N2O2. The molecule has 0 spiro atoms. The van der Waals surface area contributed by atoms with E-state index in [0.717, 1.165) is 32.2 Å². The van der Waals surface area contributed by atoms with Crippen molar-refractivity contribution in [1.29, 1.82) is 0 Å². The van der Waals surface area contributed by atoms with Gasteiger partial charge in [-0.3, -0.25) is 4.79 Å². The number of hydrogen-bond donors (Lipinski definition) is 3. The van der Waals surface area contributed by atoms with Gasteiger partial charge in [-0.15, -0.1) is 0 Å². The van der Waals surface area contributed by atoms with Crippen molar-refractivity contribution < 1.29 is 9.90 Å². The van der Waals surface area contributed by atoms with E-state index in [1.165, 1.54) is 0 Å². The number of hydrogen-bond acceptors (Lipinski definition) is 3. The van der Waals surface area contributed by atoms with Gasteiger partial charge in [0.15, 0.2) is 0 Å². The molecule has 16 heavy (non-hydrogen) atoms. The number of rotatable bonds is 5. The van der Waals surface area contributed by atoms with Crippen molar-refractivity contribution in [2.24, 2.45) is 5.92 Å². The molecule has 4 heteroatoms. The second kappa shape index (κ2) is 6.86. The van der Waals surface area contributed by atoms with E-state index in [0.29, 0.717) is 5.92 Å². The maximum Gasteiger partial charge on any atom is 0.237 e. The van der Waals surface area contributed by atoms with E-state index in [4.69, 9.17) is 0 Å². The van der Waals surface area contributed by atoms with Crippen LogP contribution < -0.4 is 10.6 Å². The van der Waals surface area contributed by atoms with Crippen LogP contribution in [0.5, 0.6) is 0 Å². The maximum absolute atomic E-state index is 11.9. The van der Waals surface area contributed by atoms with E-state index in [-0.39, 0.29) is 24.6 Å². The summed E-state index contributed by atoms with van der Waals surface area (Å²) in [7, 11) is 0. The minimum atomic E-state index is -0.101. The monoisotopic (exact) mass is 228 g/mol. The number of amides is 1. The fraction of sp³-hybridized carbons (Fsp3) is 0.917. The Balaban J connectivity index is 2.35. The predicted octanol–water partition coefficient (Wildman–Crippen LogP) is 0.652. The van der Waals surface area contributed by atoms with Crippen LogP contribution in [0.4, 0.5) is 0 Å². The highest BCUT2D eigenvalue weighted by molar-refractivity contribution is 5.82. The Kier molecular flexibility index (Phi) is 5.77. The summed E-state index contributed by atoms with van der Waals surface area (Å²) in [6, 6.07) is -0.161. The number of aliphatic hydroxyl groups is 1. The highest BCUT2D eigenvalue weighted by Gasteiger charge is 2.22. The minimum Gasteiger partial charge on any atom is -0.394 e. The number of aliphatic hydroxyl groups excluding tert-OH is 1. The third kappa shape index (κ3) is 4.49. The molecule has 0 aromatic heterocycles. The lowest BCUT2D eigenvalue weighted by Crippen LogP contribution is -2.50. The topological polar surface area (TPSA) is 61.4 Å². The molecule has 1 unspecified atom stereocenters. The average molecular weight is 228 g/mol. The highest BCUT2D eigenvalue weighted by atomic mass is 16.3. The van der Waals surface area contributed by atoms with Gasteiger partial charge in [-0.25, -0.2) is 0 Å². The van der Waals surface area contributed by atoms with Crippen LogP contribution in [-0.2, 0) is 4.79 Å². The van der Waals surface area contributed by atoms with Gasteiger partial charge in [0.2, 0.25) is 5.91 Å². The molecule has 0 aromatic rings. The van der Waals surface area contributed by atoms with Crippen LogP contribution in [0, 0.1) is 5.92 Å². The van der Waals surface area contributed by atoms with Gasteiger partial charge in [0, 0.05) is 0 Å². The van der Waals surface area contributed by atoms with E-state index in [2.05, 4.69) is 24.5 Å². The molecule has 94 valence electrons. The molecule has 4 nitrogen and oxygen atoms in total. The Hall–Kier alpha value is -0.610. The molecule has 1 fully saturated rings. The Bertz CT molecular complexity index is 213. The minimum absolute atomic E-state index is 0.0244. The molecule has 2 atom stereocenters. The van der Waals surface area contributed by atoms with Crippen molar-refractivity contribution in [2.75, 3.05) is 13.2 Å². The van der Waals surface area contributed by atoms with Gasteiger partial charge in [0.1, 0.15) is 0 Å². The molecule has 1 rings (SSSR count). The van der Waals surface area contributed by atoms with Gasteiger partial charge in [0.25, 0.3) is 0 Å². The molecule has 0 aliphatic carbocycles. The van der Waals surface area contributed by atoms with Gasteiger partial charge >= 0.3 is 0 Å². The molecule has 0 bridgehead atoms. The molecule has 1 amide bonds. The zero-order valence-corrected chi connectivity index (χ0v) is 10.3. The van der Waals surface area contributed by atoms with Crippen LogP contribution in [0.15, 0.2) is 0 Å². The Morgan fingerprint density at radius 2 is 2.25 bits per heavy atom. The van der Waals surface area contributed by atoms with Gasteiger partial charge in [-0.1, -0.05) is 20.3 Å². The number of piperidine rings is 1. The standard InChI is InChI=1S/C12H24N2O2/c1-9(2)7-10(8-15)14-12(16)11-5-3-4-6-13-11/h9-11,13,15H,3-8H2,1-2H3,(H,14,16)/t10?,11-/m1/s1. The van der Waals surface area contributed by atoms with Crippen molar-refractivity contribution in [3.05, 3.63) is 0 Å². The number of carbonyl (C=O) groups is 1. The summed E-state index contributed by atoms with van der Waals surface area (Å²) in [6.07, 6.45) is 4.00. The average Bonchev–Trinajstić information content (AvgIpc) is 2.28. The first-order valence-corrected chi connectivity index (χ1v) is 6.28. The van der Waals surface area contributed by atoms with Crippen molar-refractivity contribution in [1.82, 2.24) is 10.6 Å². The summed E-state index contributed by atoms with van der Waals surface area (Å²) >= 11 is 0. The zero-order valence-electron chi connectivity index (χ0n) is 10.3. The third-order valence-electron chi connectivity index (χ3n) is 2.95.